The molecule has 2 fully saturated rings. The molecule has 2 rings (SSSR count). The van der Waals surface area contributed by atoms with Crippen LogP contribution in [0.1, 0.15) is 12.8 Å². The van der Waals surface area contributed by atoms with Crippen molar-refractivity contribution in [2.24, 2.45) is 5.92 Å². The third kappa shape index (κ3) is 2.00. The Hall–Kier alpha value is -0.630. The number of nitrogens with zero attached hydrogens (tertiary/aromatic N) is 2. The first-order chi connectivity index (χ1) is 7.30. The van der Waals surface area contributed by atoms with Crippen molar-refractivity contribution in [3.8, 4) is 6.07 Å². The van der Waals surface area contributed by atoms with Gasteiger partial charge in [-0.3, -0.25) is 5.32 Å². The first-order valence-electron chi connectivity index (χ1n) is 5.68. The number of nitrogens with one attached hydrogen (secondary N) is 1. The van der Waals surface area contributed by atoms with E-state index in [1.54, 1.807) is 7.11 Å². The molecule has 0 aromatic heterocycles. The zero-order valence-corrected chi connectivity index (χ0v) is 9.33. The first kappa shape index (κ1) is 10.9. The van der Waals surface area contributed by atoms with E-state index in [1.807, 2.05) is 0 Å². The Morgan fingerprint density at radius 1 is 1.60 bits per heavy atom. The minimum absolute atomic E-state index is 0.286. The summed E-state index contributed by atoms with van der Waals surface area (Å²) in [5.41, 5.74) is -0.286. The van der Waals surface area contributed by atoms with E-state index >= 15 is 0 Å². The summed E-state index contributed by atoms with van der Waals surface area (Å²) < 4.78 is 5.02. The van der Waals surface area contributed by atoms with Gasteiger partial charge in [-0.2, -0.15) is 5.26 Å². The highest BCUT2D eigenvalue weighted by Gasteiger charge is 2.46. The van der Waals surface area contributed by atoms with Crippen molar-refractivity contribution in [1.82, 2.24) is 10.2 Å². The van der Waals surface area contributed by atoms with Gasteiger partial charge in [0, 0.05) is 32.7 Å². The average molecular weight is 209 g/mol. The van der Waals surface area contributed by atoms with Crippen LogP contribution in [0.15, 0.2) is 0 Å². The molecule has 4 nitrogen and oxygen atoms in total. The number of nitriles is 1. The van der Waals surface area contributed by atoms with Crippen LogP contribution >= 0.6 is 0 Å². The van der Waals surface area contributed by atoms with Crippen LogP contribution in [-0.2, 0) is 4.74 Å². The topological polar surface area (TPSA) is 48.3 Å². The van der Waals surface area contributed by atoms with Crippen molar-refractivity contribution >= 4 is 0 Å². The molecule has 15 heavy (non-hydrogen) atoms. The largest absolute Gasteiger partial charge is 0.383 e. The molecule has 1 N–H and O–H groups in total. The van der Waals surface area contributed by atoms with E-state index in [1.165, 1.54) is 6.54 Å². The summed E-state index contributed by atoms with van der Waals surface area (Å²) in [7, 11) is 1.69. The molecule has 0 radical (unpaired) electrons. The van der Waals surface area contributed by atoms with Crippen molar-refractivity contribution in [3.63, 3.8) is 0 Å². The summed E-state index contributed by atoms with van der Waals surface area (Å²) in [6.45, 7) is 4.78. The molecule has 3 atom stereocenters. The van der Waals surface area contributed by atoms with E-state index in [9.17, 15) is 5.26 Å². The number of fused-ring (bicyclic) bond motifs is 2. The standard InChI is InChI=1S/C11H19N3O/c1-15-7-4-13-11(9-12)3-6-14-5-2-10(11)8-14/h10,13H,2-8H2,1H3. The maximum atomic E-state index is 9.39. The molecular weight excluding hydrogens is 190 g/mol. The summed E-state index contributed by atoms with van der Waals surface area (Å²) in [4.78, 5) is 2.46. The minimum atomic E-state index is -0.286. The van der Waals surface area contributed by atoms with Gasteiger partial charge in [0.15, 0.2) is 0 Å². The van der Waals surface area contributed by atoms with E-state index in [0.29, 0.717) is 12.5 Å². The number of piperidine rings is 1. The highest BCUT2D eigenvalue weighted by atomic mass is 16.5. The molecule has 0 aliphatic carbocycles. The van der Waals surface area contributed by atoms with Crippen molar-refractivity contribution in [1.29, 1.82) is 5.26 Å². The number of hydrogen-bond donors (Lipinski definition) is 1. The number of hydrogen-bond acceptors (Lipinski definition) is 4. The lowest BCUT2D eigenvalue weighted by Gasteiger charge is -2.38. The molecule has 0 amide bonds. The van der Waals surface area contributed by atoms with Crippen LogP contribution in [0.5, 0.6) is 0 Å². The summed E-state index contributed by atoms with van der Waals surface area (Å²) in [5.74, 6) is 0.508. The highest BCUT2D eigenvalue weighted by Crippen LogP contribution is 2.34. The summed E-state index contributed by atoms with van der Waals surface area (Å²) >= 11 is 0. The Bertz CT molecular complexity index is 263. The molecule has 0 aromatic carbocycles. The molecule has 0 aromatic rings. The van der Waals surface area contributed by atoms with Gasteiger partial charge in [0.05, 0.1) is 12.7 Å². The van der Waals surface area contributed by atoms with Gasteiger partial charge >= 0.3 is 0 Å². The predicted molar refractivity (Wildman–Crippen MR) is 57.4 cm³/mol. The quantitative estimate of drug-likeness (QED) is 0.672. The lowest BCUT2D eigenvalue weighted by molar-refractivity contribution is 0.149. The maximum Gasteiger partial charge on any atom is 0.112 e. The molecular formula is C11H19N3O. The molecule has 0 spiro atoms. The van der Waals surface area contributed by atoms with Crippen LogP contribution in [0, 0.1) is 17.2 Å². The molecule has 3 unspecified atom stereocenters. The first-order valence-corrected chi connectivity index (χ1v) is 5.68. The third-order valence-corrected chi connectivity index (χ3v) is 3.74. The lowest BCUT2D eigenvalue weighted by atomic mass is 9.80. The SMILES string of the molecule is COCCNC1(C#N)CCN2CCC1C2. The summed E-state index contributed by atoms with van der Waals surface area (Å²) in [6, 6.07) is 2.51. The Labute approximate surface area is 91.2 Å². The van der Waals surface area contributed by atoms with E-state index in [0.717, 1.165) is 32.5 Å². The van der Waals surface area contributed by atoms with Crippen LogP contribution in [0.3, 0.4) is 0 Å². The monoisotopic (exact) mass is 209 g/mol. The fourth-order valence-corrected chi connectivity index (χ4v) is 2.77. The Morgan fingerprint density at radius 3 is 3.20 bits per heavy atom. The van der Waals surface area contributed by atoms with Gasteiger partial charge < -0.3 is 9.64 Å². The van der Waals surface area contributed by atoms with Crippen LogP contribution in [-0.4, -0.2) is 50.3 Å². The molecule has 2 aliphatic rings. The second-order valence-corrected chi connectivity index (χ2v) is 4.54. The fraction of sp³-hybridized carbons (Fsp3) is 0.909. The smallest absolute Gasteiger partial charge is 0.112 e. The summed E-state index contributed by atoms with van der Waals surface area (Å²) in [5, 5.41) is 12.8. The third-order valence-electron chi connectivity index (χ3n) is 3.74. The molecule has 2 aliphatic heterocycles. The van der Waals surface area contributed by atoms with Gasteiger partial charge in [0.25, 0.3) is 0 Å². The number of rotatable bonds is 4. The van der Waals surface area contributed by atoms with Gasteiger partial charge in [-0.05, 0) is 19.4 Å². The lowest BCUT2D eigenvalue weighted by Crippen LogP contribution is -2.56. The summed E-state index contributed by atoms with van der Waals surface area (Å²) in [6.07, 6.45) is 2.12. The Kier molecular flexibility index (Phi) is 3.25. The van der Waals surface area contributed by atoms with Crippen molar-refractivity contribution in [2.45, 2.75) is 18.4 Å². The second kappa shape index (κ2) is 4.48. The second-order valence-electron chi connectivity index (χ2n) is 4.54. The minimum Gasteiger partial charge on any atom is -0.383 e. The predicted octanol–water partition coefficient (Wildman–Crippen LogP) is 0.210. The van der Waals surface area contributed by atoms with Crippen LogP contribution in [0.25, 0.3) is 0 Å². The molecule has 2 bridgehead atoms. The number of methoxy groups -OCH3 is 1. The zero-order valence-electron chi connectivity index (χ0n) is 9.33. The maximum absolute atomic E-state index is 9.39. The van der Waals surface area contributed by atoms with E-state index in [4.69, 9.17) is 4.74 Å². The van der Waals surface area contributed by atoms with Crippen LogP contribution < -0.4 is 5.32 Å². The number of ether oxygens (including phenoxy) is 1. The van der Waals surface area contributed by atoms with Gasteiger partial charge in [0.2, 0.25) is 0 Å². The fourth-order valence-electron chi connectivity index (χ4n) is 2.77. The molecule has 2 heterocycles. The van der Waals surface area contributed by atoms with Crippen LogP contribution in [0.2, 0.25) is 0 Å². The van der Waals surface area contributed by atoms with Gasteiger partial charge in [-0.25, -0.2) is 0 Å². The van der Waals surface area contributed by atoms with Crippen molar-refractivity contribution in [3.05, 3.63) is 0 Å². The Balaban J connectivity index is 1.98. The van der Waals surface area contributed by atoms with E-state index in [2.05, 4.69) is 16.3 Å². The van der Waals surface area contributed by atoms with Gasteiger partial charge in [-0.15, -0.1) is 0 Å². The average Bonchev–Trinajstić information content (AvgIpc) is 2.67. The zero-order chi connectivity index (χ0) is 10.7. The van der Waals surface area contributed by atoms with Crippen molar-refractivity contribution < 1.29 is 4.74 Å². The molecule has 4 heteroatoms. The van der Waals surface area contributed by atoms with Gasteiger partial charge in [0.1, 0.15) is 5.54 Å². The molecule has 84 valence electrons. The normalized spacial score (nSPS) is 38.9. The van der Waals surface area contributed by atoms with E-state index < -0.39 is 0 Å². The Morgan fingerprint density at radius 2 is 2.47 bits per heavy atom. The highest BCUT2D eigenvalue weighted by molar-refractivity contribution is 5.15. The molecule has 0 saturated carbocycles. The van der Waals surface area contributed by atoms with Gasteiger partial charge in [-0.1, -0.05) is 0 Å². The van der Waals surface area contributed by atoms with Crippen LogP contribution in [0.4, 0.5) is 0 Å². The van der Waals surface area contributed by atoms with Crippen molar-refractivity contribution in [2.75, 3.05) is 39.9 Å². The molecule has 2 saturated heterocycles. The van der Waals surface area contributed by atoms with E-state index in [-0.39, 0.29) is 5.54 Å².